The molecule has 1 amide bonds. The molecule has 3 aromatic rings. The van der Waals surface area contributed by atoms with Gasteiger partial charge < -0.3 is 9.84 Å². The molecule has 170 valence electrons. The van der Waals surface area contributed by atoms with Crippen LogP contribution in [0.4, 0.5) is 5.69 Å². The van der Waals surface area contributed by atoms with Crippen molar-refractivity contribution in [1.82, 2.24) is 4.98 Å². The predicted octanol–water partition coefficient (Wildman–Crippen LogP) is 4.34. The van der Waals surface area contributed by atoms with Gasteiger partial charge in [-0.15, -0.1) is 11.3 Å². The summed E-state index contributed by atoms with van der Waals surface area (Å²) in [6.45, 7) is 4.73. The summed E-state index contributed by atoms with van der Waals surface area (Å²) in [6.07, 6.45) is 0. The number of aliphatic hydroxyl groups is 1. The molecule has 4 rings (SSSR count). The summed E-state index contributed by atoms with van der Waals surface area (Å²) in [7, 11) is 0. The summed E-state index contributed by atoms with van der Waals surface area (Å²) in [4.78, 5) is 44.2. The van der Waals surface area contributed by atoms with Crippen LogP contribution in [0.25, 0.3) is 0 Å². The van der Waals surface area contributed by atoms with Crippen molar-refractivity contribution in [3.63, 3.8) is 0 Å². The van der Waals surface area contributed by atoms with Crippen LogP contribution < -0.4 is 9.64 Å². The number of nitrogens with zero attached hydrogens (tertiary/aromatic N) is 3. The molecular weight excluding hydrogens is 454 g/mol. The lowest BCUT2D eigenvalue weighted by Gasteiger charge is -2.27. The Bertz CT molecular complexity index is 1400. The Morgan fingerprint density at radius 2 is 1.88 bits per heavy atom. The van der Waals surface area contributed by atoms with E-state index < -0.39 is 29.5 Å². The minimum absolute atomic E-state index is 0.0962. The van der Waals surface area contributed by atoms with E-state index in [0.29, 0.717) is 32.4 Å². The molecule has 1 N–H and O–H groups in total. The van der Waals surface area contributed by atoms with Crippen molar-refractivity contribution >= 4 is 34.7 Å². The first kappa shape index (κ1) is 22.9. The van der Waals surface area contributed by atoms with Crippen LogP contribution in [-0.4, -0.2) is 27.8 Å². The number of anilines is 1. The van der Waals surface area contributed by atoms with Gasteiger partial charge in [0.15, 0.2) is 5.76 Å². The van der Waals surface area contributed by atoms with Gasteiger partial charge in [0, 0.05) is 12.6 Å². The van der Waals surface area contributed by atoms with Crippen LogP contribution in [0.1, 0.15) is 44.5 Å². The monoisotopic (exact) mass is 473 g/mol. The molecule has 1 atom stereocenters. The van der Waals surface area contributed by atoms with Crippen molar-refractivity contribution in [1.29, 1.82) is 5.26 Å². The van der Waals surface area contributed by atoms with Crippen molar-refractivity contribution in [2.45, 2.75) is 26.8 Å². The second-order valence-electron chi connectivity index (χ2n) is 7.64. The number of amides is 1. The Morgan fingerprint density at radius 3 is 2.47 bits per heavy atom. The summed E-state index contributed by atoms with van der Waals surface area (Å²) >= 11 is 1.18. The summed E-state index contributed by atoms with van der Waals surface area (Å²) in [5.74, 6) is -2.21. The summed E-state index contributed by atoms with van der Waals surface area (Å²) in [6, 6.07) is 13.7. The quantitative estimate of drug-likeness (QED) is 0.332. The van der Waals surface area contributed by atoms with Crippen molar-refractivity contribution in [3.05, 3.63) is 86.6 Å². The maximum atomic E-state index is 13.6. The fourth-order valence-corrected chi connectivity index (χ4v) is 4.77. The van der Waals surface area contributed by atoms with Gasteiger partial charge in [-0.2, -0.15) is 5.26 Å². The number of nitriles is 1. The molecule has 8 nitrogen and oxygen atoms in total. The molecule has 2 aromatic carbocycles. The molecule has 9 heteroatoms. The minimum atomic E-state index is -0.995. The van der Waals surface area contributed by atoms with E-state index in [2.05, 4.69) is 4.98 Å². The standard InChI is InChI=1S/C25H19N3O5S/c1-13-24(34-14(2)27-13)22(30)20-21(17-5-4-6-19(11-17)33-15(3)29)28(25(32)23(20)31)18-9-7-16(12-26)8-10-18/h4-11,21,31H,1-3H3. The Morgan fingerprint density at radius 1 is 1.18 bits per heavy atom. The van der Waals surface area contributed by atoms with Crippen LogP contribution >= 0.6 is 11.3 Å². The number of ether oxygens (including phenoxy) is 1. The smallest absolute Gasteiger partial charge is 0.308 e. The van der Waals surface area contributed by atoms with Crippen molar-refractivity contribution in [3.8, 4) is 11.8 Å². The van der Waals surface area contributed by atoms with Gasteiger partial charge in [0.2, 0.25) is 5.78 Å². The number of carbonyl (C=O) groups is 3. The maximum Gasteiger partial charge on any atom is 0.308 e. The second kappa shape index (κ2) is 8.92. The average molecular weight is 474 g/mol. The molecule has 1 unspecified atom stereocenters. The number of aryl methyl sites for hydroxylation is 2. The molecule has 0 fully saturated rings. The van der Waals surface area contributed by atoms with E-state index in [-0.39, 0.29) is 11.3 Å². The molecule has 0 radical (unpaired) electrons. The fraction of sp³-hybridized carbons (Fsp3) is 0.160. The van der Waals surface area contributed by atoms with Crippen LogP contribution in [-0.2, 0) is 9.59 Å². The molecule has 34 heavy (non-hydrogen) atoms. The lowest BCUT2D eigenvalue weighted by molar-refractivity contribution is -0.131. The summed E-state index contributed by atoms with van der Waals surface area (Å²) < 4.78 is 5.19. The minimum Gasteiger partial charge on any atom is -0.503 e. The normalized spacial score (nSPS) is 15.4. The molecule has 2 heterocycles. The highest BCUT2D eigenvalue weighted by Gasteiger charge is 2.45. The molecule has 0 saturated heterocycles. The molecule has 0 bridgehead atoms. The number of hydrogen-bond donors (Lipinski definition) is 1. The zero-order valence-electron chi connectivity index (χ0n) is 18.5. The lowest BCUT2D eigenvalue weighted by Crippen LogP contribution is -2.31. The van der Waals surface area contributed by atoms with Gasteiger partial charge in [-0.3, -0.25) is 19.3 Å². The number of aliphatic hydroxyl groups excluding tert-OH is 1. The number of rotatable bonds is 5. The summed E-state index contributed by atoms with van der Waals surface area (Å²) in [5, 5.41) is 20.7. The third-order valence-electron chi connectivity index (χ3n) is 5.27. The Hall–Kier alpha value is -4.29. The number of hydrogen-bond acceptors (Lipinski definition) is 8. The zero-order chi connectivity index (χ0) is 24.6. The largest absolute Gasteiger partial charge is 0.503 e. The highest BCUT2D eigenvalue weighted by Crippen LogP contribution is 2.43. The molecule has 0 spiro atoms. The van der Waals surface area contributed by atoms with E-state index in [1.165, 1.54) is 23.2 Å². The molecule has 1 aliphatic rings. The van der Waals surface area contributed by atoms with Gasteiger partial charge >= 0.3 is 5.97 Å². The first-order valence-electron chi connectivity index (χ1n) is 10.2. The molecule has 0 saturated carbocycles. The van der Waals surface area contributed by atoms with E-state index in [1.54, 1.807) is 62.4 Å². The van der Waals surface area contributed by atoms with E-state index in [4.69, 9.17) is 10.00 Å². The average Bonchev–Trinajstić information content (AvgIpc) is 3.28. The highest BCUT2D eigenvalue weighted by atomic mass is 32.1. The van der Waals surface area contributed by atoms with Crippen LogP contribution in [0, 0.1) is 25.2 Å². The topological polar surface area (TPSA) is 121 Å². The van der Waals surface area contributed by atoms with Gasteiger partial charge in [0.05, 0.1) is 38.8 Å². The molecular formula is C25H19N3O5S. The van der Waals surface area contributed by atoms with E-state index >= 15 is 0 Å². The number of esters is 1. The number of Topliss-reactive ketones (excluding diaryl/α,β-unsaturated/α-hetero) is 1. The Kier molecular flexibility index (Phi) is 6.01. The fourth-order valence-electron chi connectivity index (χ4n) is 3.89. The van der Waals surface area contributed by atoms with E-state index in [9.17, 15) is 19.5 Å². The predicted molar refractivity (Wildman–Crippen MR) is 125 cm³/mol. The number of benzene rings is 2. The van der Waals surface area contributed by atoms with Crippen molar-refractivity contribution < 1.29 is 24.2 Å². The number of aromatic nitrogens is 1. The van der Waals surface area contributed by atoms with Gasteiger partial charge in [-0.05, 0) is 55.8 Å². The van der Waals surface area contributed by atoms with Gasteiger partial charge in [0.1, 0.15) is 5.75 Å². The maximum absolute atomic E-state index is 13.6. The third kappa shape index (κ3) is 4.07. The van der Waals surface area contributed by atoms with Crippen LogP contribution in [0.2, 0.25) is 0 Å². The van der Waals surface area contributed by atoms with Crippen LogP contribution in [0.3, 0.4) is 0 Å². The number of ketones is 1. The molecule has 1 aliphatic heterocycles. The Balaban J connectivity index is 1.89. The molecule has 0 aliphatic carbocycles. The van der Waals surface area contributed by atoms with Crippen molar-refractivity contribution in [2.24, 2.45) is 0 Å². The van der Waals surface area contributed by atoms with E-state index in [1.807, 2.05) is 6.07 Å². The van der Waals surface area contributed by atoms with E-state index in [0.717, 1.165) is 0 Å². The Labute approximate surface area is 199 Å². The number of carbonyl (C=O) groups excluding carboxylic acids is 3. The van der Waals surface area contributed by atoms with Gasteiger partial charge in [0.25, 0.3) is 5.91 Å². The zero-order valence-corrected chi connectivity index (χ0v) is 19.3. The second-order valence-corrected chi connectivity index (χ2v) is 8.84. The third-order valence-corrected chi connectivity index (χ3v) is 6.34. The lowest BCUT2D eigenvalue weighted by atomic mass is 9.94. The van der Waals surface area contributed by atoms with Crippen molar-refractivity contribution in [2.75, 3.05) is 4.90 Å². The molecule has 1 aromatic heterocycles. The first-order valence-corrected chi connectivity index (χ1v) is 11.1. The van der Waals surface area contributed by atoms with Gasteiger partial charge in [-0.25, -0.2) is 4.98 Å². The van der Waals surface area contributed by atoms with Crippen LogP contribution in [0.5, 0.6) is 5.75 Å². The SMILES string of the molecule is CC(=O)Oc1cccc(C2C(C(=O)c3sc(C)nc3C)=C(O)C(=O)N2c2ccc(C#N)cc2)c1. The number of thiazole rings is 1. The van der Waals surface area contributed by atoms with Crippen LogP contribution in [0.15, 0.2) is 59.9 Å². The first-order chi connectivity index (χ1) is 16.2. The van der Waals surface area contributed by atoms with Gasteiger partial charge in [-0.1, -0.05) is 12.1 Å². The summed E-state index contributed by atoms with van der Waals surface area (Å²) in [5.41, 5.74) is 1.65. The highest BCUT2D eigenvalue weighted by molar-refractivity contribution is 7.14.